The summed E-state index contributed by atoms with van der Waals surface area (Å²) in [5.74, 6) is 0. The Bertz CT molecular complexity index is 1220. The van der Waals surface area contributed by atoms with E-state index in [0.717, 1.165) is 78.5 Å². The Morgan fingerprint density at radius 1 is 1.15 bits per heavy atom. The summed E-state index contributed by atoms with van der Waals surface area (Å²) < 4.78 is 0. The van der Waals surface area contributed by atoms with Crippen LogP contribution in [0.3, 0.4) is 0 Å². The summed E-state index contributed by atoms with van der Waals surface area (Å²) in [5.41, 5.74) is 7.10. The van der Waals surface area contributed by atoms with Gasteiger partial charge < -0.3 is 29.7 Å². The number of anilines is 2. The lowest BCUT2D eigenvalue weighted by Gasteiger charge is -2.37. The molecule has 2 aromatic carbocycles. The third kappa shape index (κ3) is 6.42. The van der Waals surface area contributed by atoms with E-state index < -0.39 is 0 Å². The van der Waals surface area contributed by atoms with Crippen molar-refractivity contribution in [3.63, 3.8) is 0 Å². The number of hydrogen-bond acceptors (Lipinski definition) is 7. The van der Waals surface area contributed by atoms with Crippen LogP contribution in [0.15, 0.2) is 59.8 Å². The molecule has 208 valence electrons. The van der Waals surface area contributed by atoms with Crippen molar-refractivity contribution in [1.82, 2.24) is 20.1 Å². The molecule has 2 aliphatic rings. The molecule has 9 nitrogen and oxygen atoms in total. The highest BCUT2D eigenvalue weighted by Crippen LogP contribution is 2.29. The Kier molecular flexibility index (Phi) is 8.91. The van der Waals surface area contributed by atoms with Gasteiger partial charge in [-0.25, -0.2) is 9.80 Å². The summed E-state index contributed by atoms with van der Waals surface area (Å²) in [6.45, 7) is 10.8. The molecule has 0 aromatic heterocycles. The molecule has 39 heavy (non-hydrogen) atoms. The normalized spacial score (nSPS) is 17.5. The second kappa shape index (κ2) is 12.3. The number of carbonyl (C=O) groups is 2. The summed E-state index contributed by atoms with van der Waals surface area (Å²) in [5, 5.41) is 9.19. The number of nitrogens with zero attached hydrogens (tertiary/aromatic N) is 6. The maximum absolute atomic E-state index is 12.8. The zero-order chi connectivity index (χ0) is 28.1. The smallest absolute Gasteiger partial charge is 0.337 e. The van der Waals surface area contributed by atoms with Crippen LogP contribution in [-0.2, 0) is 11.2 Å². The molecule has 1 saturated heterocycles. The number of likely N-dealkylation sites (N-methyl/N-ethyl adjacent to an activating group) is 2. The number of hydrazone groups is 1. The summed E-state index contributed by atoms with van der Waals surface area (Å²) >= 11 is 0. The standard InChI is InChI=1S/C30H41N7O2/c1-22-19-25-20-27(36-16-14-34(6)23(2)21-36)11-12-28(25)29(32-37(22)30(39)31-3)24-7-9-26(10-8-24)35(17-18-38)15-13-33(4)5/h7-12,18,20,22H,2,13-17,19,21H2,1,3-6H3,(H,31,39). The maximum atomic E-state index is 12.8. The monoisotopic (exact) mass is 531 g/mol. The van der Waals surface area contributed by atoms with Crippen molar-refractivity contribution in [2.45, 2.75) is 19.4 Å². The quantitative estimate of drug-likeness (QED) is 0.528. The summed E-state index contributed by atoms with van der Waals surface area (Å²) in [6.07, 6.45) is 1.62. The summed E-state index contributed by atoms with van der Waals surface area (Å²) in [6, 6.07) is 14.3. The van der Waals surface area contributed by atoms with Gasteiger partial charge in [-0.05, 0) is 57.3 Å². The number of piperazine rings is 1. The Morgan fingerprint density at radius 2 is 1.90 bits per heavy atom. The number of amides is 2. The third-order valence-corrected chi connectivity index (χ3v) is 7.51. The first kappa shape index (κ1) is 28.2. The number of urea groups is 1. The molecule has 1 unspecified atom stereocenters. The molecule has 9 heteroatoms. The highest BCUT2D eigenvalue weighted by molar-refractivity contribution is 6.14. The van der Waals surface area contributed by atoms with Crippen molar-refractivity contribution in [2.75, 3.05) is 77.3 Å². The molecule has 1 N–H and O–H groups in total. The van der Waals surface area contributed by atoms with Gasteiger partial charge >= 0.3 is 6.03 Å². The molecular formula is C30H41N7O2. The zero-order valence-corrected chi connectivity index (χ0v) is 23.9. The molecule has 0 spiro atoms. The third-order valence-electron chi connectivity index (χ3n) is 7.51. The van der Waals surface area contributed by atoms with Gasteiger partial charge in [-0.1, -0.05) is 24.8 Å². The van der Waals surface area contributed by atoms with Crippen LogP contribution in [0.25, 0.3) is 0 Å². The number of rotatable bonds is 8. The second-order valence-electron chi connectivity index (χ2n) is 10.6. The van der Waals surface area contributed by atoms with Gasteiger partial charge in [0.05, 0.1) is 24.8 Å². The molecule has 0 saturated carbocycles. The van der Waals surface area contributed by atoms with Crippen LogP contribution in [0.1, 0.15) is 23.6 Å². The first-order chi connectivity index (χ1) is 18.7. The second-order valence-corrected chi connectivity index (χ2v) is 10.6. The van der Waals surface area contributed by atoms with Crippen LogP contribution in [-0.4, -0.2) is 106 Å². The molecular weight excluding hydrogens is 490 g/mol. The van der Waals surface area contributed by atoms with E-state index in [2.05, 4.69) is 56.7 Å². The molecule has 1 atom stereocenters. The van der Waals surface area contributed by atoms with Gasteiger partial charge in [-0.3, -0.25) is 0 Å². The minimum absolute atomic E-state index is 0.118. The van der Waals surface area contributed by atoms with Gasteiger partial charge in [-0.2, -0.15) is 5.10 Å². The molecule has 0 bridgehead atoms. The number of carbonyl (C=O) groups excluding carboxylic acids is 2. The van der Waals surface area contributed by atoms with Crippen LogP contribution in [0, 0.1) is 0 Å². The van der Waals surface area contributed by atoms with E-state index in [1.807, 2.05) is 45.3 Å². The summed E-state index contributed by atoms with van der Waals surface area (Å²) in [4.78, 5) is 32.9. The minimum atomic E-state index is -0.235. The van der Waals surface area contributed by atoms with Gasteiger partial charge in [0, 0.05) is 68.5 Å². The minimum Gasteiger partial charge on any atom is -0.375 e. The number of nitrogens with one attached hydrogen (secondary N) is 1. The largest absolute Gasteiger partial charge is 0.375 e. The van der Waals surface area contributed by atoms with Gasteiger partial charge in [0.15, 0.2) is 0 Å². The predicted molar refractivity (Wildman–Crippen MR) is 159 cm³/mol. The Balaban J connectivity index is 1.71. The first-order valence-electron chi connectivity index (χ1n) is 13.5. The van der Waals surface area contributed by atoms with Crippen LogP contribution in [0.4, 0.5) is 16.2 Å². The van der Waals surface area contributed by atoms with Crippen molar-refractivity contribution in [2.24, 2.45) is 5.10 Å². The van der Waals surface area contributed by atoms with Crippen molar-refractivity contribution in [3.8, 4) is 0 Å². The van der Waals surface area contributed by atoms with Crippen molar-refractivity contribution >= 4 is 29.4 Å². The van der Waals surface area contributed by atoms with Crippen molar-refractivity contribution in [3.05, 3.63) is 71.4 Å². The van der Waals surface area contributed by atoms with E-state index in [0.29, 0.717) is 13.0 Å². The fourth-order valence-corrected chi connectivity index (χ4v) is 5.05. The molecule has 2 aliphatic heterocycles. The molecule has 2 heterocycles. The van der Waals surface area contributed by atoms with Crippen molar-refractivity contribution in [1.29, 1.82) is 0 Å². The number of benzene rings is 2. The first-order valence-corrected chi connectivity index (χ1v) is 13.5. The average Bonchev–Trinajstić information content (AvgIpc) is 3.07. The Morgan fingerprint density at radius 3 is 2.54 bits per heavy atom. The van der Waals surface area contributed by atoms with E-state index >= 15 is 0 Å². The lowest BCUT2D eigenvalue weighted by Crippen LogP contribution is -2.42. The Hall–Kier alpha value is -3.85. The van der Waals surface area contributed by atoms with E-state index in [1.165, 1.54) is 0 Å². The fourth-order valence-electron chi connectivity index (χ4n) is 5.05. The number of fused-ring (bicyclic) bond motifs is 1. The van der Waals surface area contributed by atoms with Crippen LogP contribution < -0.4 is 15.1 Å². The van der Waals surface area contributed by atoms with Crippen LogP contribution in [0.5, 0.6) is 0 Å². The van der Waals surface area contributed by atoms with E-state index in [4.69, 9.17) is 5.10 Å². The van der Waals surface area contributed by atoms with Crippen molar-refractivity contribution < 1.29 is 9.59 Å². The molecule has 4 rings (SSSR count). The molecule has 2 amide bonds. The number of hydrogen-bond donors (Lipinski definition) is 1. The fraction of sp³-hybridized carbons (Fsp3) is 0.433. The predicted octanol–water partition coefficient (Wildman–Crippen LogP) is 2.86. The Labute approximate surface area is 232 Å². The van der Waals surface area contributed by atoms with E-state index in [9.17, 15) is 9.59 Å². The zero-order valence-electron chi connectivity index (χ0n) is 23.9. The molecule has 2 aromatic rings. The molecule has 0 aliphatic carbocycles. The molecule has 1 fully saturated rings. The van der Waals surface area contributed by atoms with Crippen LogP contribution >= 0.6 is 0 Å². The van der Waals surface area contributed by atoms with Gasteiger partial charge in [0.1, 0.15) is 6.29 Å². The van der Waals surface area contributed by atoms with Gasteiger partial charge in [0.25, 0.3) is 0 Å². The topological polar surface area (TPSA) is 74.7 Å². The number of aldehydes is 1. The van der Waals surface area contributed by atoms with E-state index in [-0.39, 0.29) is 12.1 Å². The highest BCUT2D eigenvalue weighted by Gasteiger charge is 2.28. The molecule has 0 radical (unpaired) electrons. The lowest BCUT2D eigenvalue weighted by atomic mass is 9.93. The maximum Gasteiger partial charge on any atom is 0.337 e. The van der Waals surface area contributed by atoms with Gasteiger partial charge in [-0.15, -0.1) is 0 Å². The van der Waals surface area contributed by atoms with E-state index in [1.54, 1.807) is 12.1 Å². The average molecular weight is 532 g/mol. The SMILES string of the molecule is C=C1CN(c2ccc3c(c2)CC(C)N(C(=O)NC)N=C3c2ccc(N(CC=O)CCN(C)C)cc2)CCN1C. The van der Waals surface area contributed by atoms with Gasteiger partial charge in [0.2, 0.25) is 0 Å². The highest BCUT2D eigenvalue weighted by atomic mass is 16.2. The summed E-state index contributed by atoms with van der Waals surface area (Å²) in [7, 11) is 7.76. The van der Waals surface area contributed by atoms with Crippen LogP contribution in [0.2, 0.25) is 0 Å². The lowest BCUT2D eigenvalue weighted by molar-refractivity contribution is -0.106.